The lowest BCUT2D eigenvalue weighted by atomic mass is 10.0. The summed E-state index contributed by atoms with van der Waals surface area (Å²) in [5.74, 6) is 0. The first kappa shape index (κ1) is 5.77. The van der Waals surface area contributed by atoms with Gasteiger partial charge in [0.1, 0.15) is 0 Å². The summed E-state index contributed by atoms with van der Waals surface area (Å²) in [5, 5.41) is 10.7. The molecule has 2 aliphatic rings. The number of rotatable bonds is 0. The Balaban J connectivity index is 2.12. The van der Waals surface area contributed by atoms with E-state index in [1.807, 2.05) is 6.20 Å². The Hall–Kier alpha value is -0.830. The van der Waals surface area contributed by atoms with Crippen LogP contribution in [0.3, 0.4) is 0 Å². The lowest BCUT2D eigenvalue weighted by molar-refractivity contribution is 0.511. The summed E-state index contributed by atoms with van der Waals surface area (Å²) in [5.41, 5.74) is 2.76. The lowest BCUT2D eigenvalue weighted by Crippen LogP contribution is -2.31. The van der Waals surface area contributed by atoms with Crippen LogP contribution >= 0.6 is 0 Å². The molecule has 3 rings (SSSR count). The van der Waals surface area contributed by atoms with Gasteiger partial charge in [-0.2, -0.15) is 5.10 Å². The van der Waals surface area contributed by atoms with Crippen molar-refractivity contribution in [2.75, 3.05) is 0 Å². The minimum Gasteiger partial charge on any atom is -0.307 e. The molecule has 2 aliphatic heterocycles. The number of nitrogens with zero attached hydrogens (tertiary/aromatic N) is 1. The fraction of sp³-hybridized carbons (Fsp3) is 0.625. The van der Waals surface area contributed by atoms with Gasteiger partial charge in [-0.05, 0) is 12.8 Å². The van der Waals surface area contributed by atoms with Gasteiger partial charge in [0, 0.05) is 29.8 Å². The van der Waals surface area contributed by atoms with Gasteiger partial charge in [-0.15, -0.1) is 0 Å². The molecule has 3 nitrogen and oxygen atoms in total. The van der Waals surface area contributed by atoms with E-state index in [1.54, 1.807) is 0 Å². The second-order valence-electron chi connectivity index (χ2n) is 3.50. The monoisotopic (exact) mass is 149 g/mol. The van der Waals surface area contributed by atoms with Crippen molar-refractivity contribution in [1.82, 2.24) is 15.5 Å². The van der Waals surface area contributed by atoms with Gasteiger partial charge in [-0.25, -0.2) is 0 Å². The van der Waals surface area contributed by atoms with Crippen molar-refractivity contribution in [2.24, 2.45) is 0 Å². The highest BCUT2D eigenvalue weighted by molar-refractivity contribution is 5.27. The molecule has 2 atom stereocenters. The summed E-state index contributed by atoms with van der Waals surface area (Å²) < 4.78 is 0. The van der Waals surface area contributed by atoms with Gasteiger partial charge in [-0.3, -0.25) is 5.10 Å². The maximum atomic E-state index is 4.06. The zero-order valence-corrected chi connectivity index (χ0v) is 6.30. The van der Waals surface area contributed by atoms with Gasteiger partial charge in [0.15, 0.2) is 0 Å². The van der Waals surface area contributed by atoms with E-state index in [4.69, 9.17) is 0 Å². The molecule has 0 radical (unpaired) electrons. The zero-order valence-electron chi connectivity index (χ0n) is 6.30. The van der Waals surface area contributed by atoms with Crippen LogP contribution in [-0.4, -0.2) is 16.2 Å². The van der Waals surface area contributed by atoms with Crippen molar-refractivity contribution in [2.45, 2.75) is 31.3 Å². The van der Waals surface area contributed by atoms with E-state index in [-0.39, 0.29) is 0 Å². The fourth-order valence-electron chi connectivity index (χ4n) is 2.26. The molecule has 0 aliphatic carbocycles. The van der Waals surface area contributed by atoms with Crippen molar-refractivity contribution in [3.63, 3.8) is 0 Å². The molecule has 2 unspecified atom stereocenters. The molecular formula is C8H11N3. The Labute approximate surface area is 65.2 Å². The summed E-state index contributed by atoms with van der Waals surface area (Å²) in [6.07, 6.45) is 5.73. The minimum atomic E-state index is 0.600. The Morgan fingerprint density at radius 1 is 1.45 bits per heavy atom. The summed E-state index contributed by atoms with van der Waals surface area (Å²) in [7, 11) is 0. The number of aromatic amines is 1. The molecule has 1 aromatic heterocycles. The smallest absolute Gasteiger partial charge is 0.0538 e. The average Bonchev–Trinajstić information content (AvgIpc) is 2.58. The van der Waals surface area contributed by atoms with Gasteiger partial charge in [0.05, 0.1) is 6.20 Å². The third-order valence-corrected chi connectivity index (χ3v) is 2.82. The molecule has 0 amide bonds. The zero-order chi connectivity index (χ0) is 7.26. The molecule has 0 spiro atoms. The van der Waals surface area contributed by atoms with Crippen molar-refractivity contribution < 1.29 is 0 Å². The first-order chi connectivity index (χ1) is 5.43. The second-order valence-corrected chi connectivity index (χ2v) is 3.50. The van der Waals surface area contributed by atoms with E-state index >= 15 is 0 Å². The summed E-state index contributed by atoms with van der Waals surface area (Å²) in [6.45, 7) is 0. The van der Waals surface area contributed by atoms with Crippen LogP contribution in [0.5, 0.6) is 0 Å². The quantitative estimate of drug-likeness (QED) is 0.571. The number of hydrogen-bond acceptors (Lipinski definition) is 2. The topological polar surface area (TPSA) is 40.7 Å². The standard InChI is InChI=1S/C8H11N3/c1-2-7-6-4-9-11-8(6)3-5(1)10-7/h4-5,7,10H,1-3H2,(H,9,11). The number of fused-ring (bicyclic) bond motifs is 4. The van der Waals surface area contributed by atoms with Crippen molar-refractivity contribution in [3.05, 3.63) is 17.5 Å². The SMILES string of the molecule is c1n[nH]c2c1C1CCC(C2)N1. The Kier molecular flexibility index (Phi) is 0.973. The number of nitrogens with one attached hydrogen (secondary N) is 2. The van der Waals surface area contributed by atoms with E-state index in [2.05, 4.69) is 15.5 Å². The molecule has 0 saturated carbocycles. The molecule has 1 aromatic rings. The molecule has 2 bridgehead atoms. The van der Waals surface area contributed by atoms with Gasteiger partial charge in [-0.1, -0.05) is 0 Å². The maximum Gasteiger partial charge on any atom is 0.0538 e. The predicted molar refractivity (Wildman–Crippen MR) is 41.2 cm³/mol. The highest BCUT2D eigenvalue weighted by atomic mass is 15.1. The van der Waals surface area contributed by atoms with Gasteiger partial charge >= 0.3 is 0 Å². The van der Waals surface area contributed by atoms with Crippen LogP contribution in [0.4, 0.5) is 0 Å². The Morgan fingerprint density at radius 3 is 3.45 bits per heavy atom. The summed E-state index contributed by atoms with van der Waals surface area (Å²) in [6, 6.07) is 1.32. The molecule has 0 aromatic carbocycles. The second kappa shape index (κ2) is 1.85. The van der Waals surface area contributed by atoms with E-state index in [9.17, 15) is 0 Å². The first-order valence-corrected chi connectivity index (χ1v) is 4.21. The van der Waals surface area contributed by atoms with Crippen molar-refractivity contribution in [1.29, 1.82) is 0 Å². The molecule has 11 heavy (non-hydrogen) atoms. The largest absolute Gasteiger partial charge is 0.307 e. The highest BCUT2D eigenvalue weighted by Crippen LogP contribution is 2.34. The van der Waals surface area contributed by atoms with Crippen LogP contribution in [0, 0.1) is 0 Å². The van der Waals surface area contributed by atoms with Crippen LogP contribution < -0.4 is 5.32 Å². The average molecular weight is 149 g/mol. The Bertz CT molecular complexity index is 279. The lowest BCUT2D eigenvalue weighted by Gasteiger charge is -2.20. The Morgan fingerprint density at radius 2 is 2.45 bits per heavy atom. The van der Waals surface area contributed by atoms with Crippen molar-refractivity contribution in [3.8, 4) is 0 Å². The predicted octanol–water partition coefficient (Wildman–Crippen LogP) is 0.759. The van der Waals surface area contributed by atoms with Crippen LogP contribution in [0.1, 0.15) is 30.1 Å². The van der Waals surface area contributed by atoms with E-state index < -0.39 is 0 Å². The van der Waals surface area contributed by atoms with Crippen molar-refractivity contribution >= 4 is 0 Å². The molecule has 1 fully saturated rings. The minimum absolute atomic E-state index is 0.600. The maximum absolute atomic E-state index is 4.06. The summed E-state index contributed by atoms with van der Waals surface area (Å²) >= 11 is 0. The summed E-state index contributed by atoms with van der Waals surface area (Å²) in [4.78, 5) is 0. The van der Waals surface area contributed by atoms with Gasteiger partial charge in [0.2, 0.25) is 0 Å². The first-order valence-electron chi connectivity index (χ1n) is 4.21. The van der Waals surface area contributed by atoms with E-state index in [0.29, 0.717) is 12.1 Å². The molecule has 3 heteroatoms. The van der Waals surface area contributed by atoms with Crippen LogP contribution in [0.15, 0.2) is 6.20 Å². The normalized spacial score (nSPS) is 33.8. The fourth-order valence-corrected chi connectivity index (χ4v) is 2.26. The number of H-pyrrole nitrogens is 1. The number of hydrogen-bond donors (Lipinski definition) is 2. The molecule has 58 valence electrons. The third-order valence-electron chi connectivity index (χ3n) is 2.82. The van der Waals surface area contributed by atoms with E-state index in [0.717, 1.165) is 6.42 Å². The van der Waals surface area contributed by atoms with E-state index in [1.165, 1.54) is 24.1 Å². The third kappa shape index (κ3) is 0.688. The van der Waals surface area contributed by atoms with Gasteiger partial charge < -0.3 is 5.32 Å². The molecule has 1 saturated heterocycles. The number of aromatic nitrogens is 2. The highest BCUT2D eigenvalue weighted by Gasteiger charge is 2.32. The van der Waals surface area contributed by atoms with Crippen LogP contribution in [-0.2, 0) is 6.42 Å². The van der Waals surface area contributed by atoms with Gasteiger partial charge in [0.25, 0.3) is 0 Å². The molecule has 3 heterocycles. The van der Waals surface area contributed by atoms with Crippen LogP contribution in [0.25, 0.3) is 0 Å². The van der Waals surface area contributed by atoms with Crippen LogP contribution in [0.2, 0.25) is 0 Å². The molecular weight excluding hydrogens is 138 g/mol. The molecule has 2 N–H and O–H groups in total.